The van der Waals surface area contributed by atoms with Gasteiger partial charge in [0.25, 0.3) is 0 Å². The Morgan fingerprint density at radius 1 is 1.25 bits per heavy atom. The van der Waals surface area contributed by atoms with Gasteiger partial charge in [0.1, 0.15) is 12.1 Å². The van der Waals surface area contributed by atoms with Crippen molar-refractivity contribution in [2.24, 2.45) is 0 Å². The van der Waals surface area contributed by atoms with Crippen molar-refractivity contribution in [1.29, 1.82) is 0 Å². The number of nitrogens with zero attached hydrogens (tertiary/aromatic N) is 5. The molecule has 3 aromatic heterocycles. The summed E-state index contributed by atoms with van der Waals surface area (Å²) in [6.45, 7) is 4.00. The van der Waals surface area contributed by atoms with Crippen LogP contribution in [0.1, 0.15) is 18.4 Å². The number of fused-ring (bicyclic) bond motifs is 1. The van der Waals surface area contributed by atoms with Crippen molar-refractivity contribution < 1.29 is 0 Å². The highest BCUT2D eigenvalue weighted by molar-refractivity contribution is 5.51. The number of rotatable bonds is 6. The van der Waals surface area contributed by atoms with Crippen molar-refractivity contribution in [1.82, 2.24) is 24.1 Å². The summed E-state index contributed by atoms with van der Waals surface area (Å²) < 4.78 is 3.94. The molecule has 0 saturated heterocycles. The Balaban J connectivity index is 1.53. The Morgan fingerprint density at radius 3 is 3.05 bits per heavy atom. The first kappa shape index (κ1) is 12.7. The third-order valence-corrected chi connectivity index (χ3v) is 3.23. The molecule has 3 aromatic rings. The van der Waals surface area contributed by atoms with Gasteiger partial charge in [0, 0.05) is 25.5 Å². The van der Waals surface area contributed by atoms with Gasteiger partial charge in [0.05, 0.1) is 6.33 Å². The normalized spacial score (nSPS) is 11.1. The average Bonchev–Trinajstić information content (AvgIpc) is 3.08. The second kappa shape index (κ2) is 5.73. The van der Waals surface area contributed by atoms with E-state index in [0.29, 0.717) is 0 Å². The van der Waals surface area contributed by atoms with Crippen LogP contribution in [0.15, 0.2) is 37.2 Å². The van der Waals surface area contributed by atoms with Gasteiger partial charge in [-0.3, -0.25) is 0 Å². The molecule has 0 atom stereocenters. The van der Waals surface area contributed by atoms with E-state index >= 15 is 0 Å². The summed E-state index contributed by atoms with van der Waals surface area (Å²) in [4.78, 5) is 8.26. The Hall–Kier alpha value is -2.37. The van der Waals surface area contributed by atoms with Crippen LogP contribution in [0.3, 0.4) is 0 Å². The molecule has 6 heteroatoms. The smallest absolute Gasteiger partial charge is 0.157 e. The third-order valence-electron chi connectivity index (χ3n) is 3.23. The quantitative estimate of drug-likeness (QED) is 0.697. The number of unbranched alkanes of at least 4 members (excludes halogenated alkanes) is 1. The van der Waals surface area contributed by atoms with Gasteiger partial charge in [-0.1, -0.05) is 0 Å². The topological polar surface area (TPSA) is 60.0 Å². The van der Waals surface area contributed by atoms with Gasteiger partial charge >= 0.3 is 0 Å². The van der Waals surface area contributed by atoms with Crippen LogP contribution in [-0.4, -0.2) is 30.7 Å². The van der Waals surface area contributed by atoms with E-state index in [9.17, 15) is 0 Å². The van der Waals surface area contributed by atoms with E-state index in [2.05, 4.69) is 37.9 Å². The molecular formula is C14H18N6. The lowest BCUT2D eigenvalue weighted by atomic mass is 10.2. The third kappa shape index (κ3) is 2.79. The van der Waals surface area contributed by atoms with E-state index in [1.165, 1.54) is 5.56 Å². The van der Waals surface area contributed by atoms with E-state index < -0.39 is 0 Å². The van der Waals surface area contributed by atoms with Gasteiger partial charge in [-0.2, -0.15) is 9.61 Å². The van der Waals surface area contributed by atoms with E-state index in [1.54, 1.807) is 6.33 Å². The van der Waals surface area contributed by atoms with E-state index in [0.717, 1.165) is 37.4 Å². The predicted octanol–water partition coefficient (Wildman–Crippen LogP) is 2.13. The van der Waals surface area contributed by atoms with Crippen LogP contribution in [0.4, 0.5) is 5.82 Å². The molecule has 1 N–H and O–H groups in total. The van der Waals surface area contributed by atoms with Gasteiger partial charge in [-0.15, -0.1) is 0 Å². The number of hydrogen-bond donors (Lipinski definition) is 1. The zero-order valence-electron chi connectivity index (χ0n) is 11.5. The molecule has 0 aliphatic rings. The maximum atomic E-state index is 4.23. The monoisotopic (exact) mass is 270 g/mol. The summed E-state index contributed by atoms with van der Waals surface area (Å²) in [6, 6.07) is 4.12. The fourth-order valence-corrected chi connectivity index (χ4v) is 2.24. The molecule has 3 heterocycles. The first-order valence-corrected chi connectivity index (χ1v) is 6.83. The molecule has 0 aliphatic carbocycles. The molecule has 0 bridgehead atoms. The summed E-state index contributed by atoms with van der Waals surface area (Å²) in [5.41, 5.74) is 2.07. The second-order valence-electron chi connectivity index (χ2n) is 4.88. The Kier molecular flexibility index (Phi) is 3.62. The second-order valence-corrected chi connectivity index (χ2v) is 4.88. The molecule has 0 fully saturated rings. The summed E-state index contributed by atoms with van der Waals surface area (Å²) in [7, 11) is 0. The number of nitrogens with one attached hydrogen (secondary N) is 1. The molecule has 0 amide bonds. The minimum atomic E-state index is 0.880. The molecule has 6 nitrogen and oxygen atoms in total. The molecule has 0 saturated carbocycles. The maximum Gasteiger partial charge on any atom is 0.157 e. The molecule has 104 valence electrons. The van der Waals surface area contributed by atoms with E-state index in [1.807, 2.05) is 29.3 Å². The Morgan fingerprint density at radius 2 is 2.20 bits per heavy atom. The van der Waals surface area contributed by atoms with Crippen LogP contribution in [0, 0.1) is 6.92 Å². The van der Waals surface area contributed by atoms with Crippen LogP contribution in [0.5, 0.6) is 0 Å². The molecule has 0 spiro atoms. The van der Waals surface area contributed by atoms with Crippen molar-refractivity contribution >= 4 is 11.5 Å². The summed E-state index contributed by atoms with van der Waals surface area (Å²) in [6.07, 6.45) is 9.46. The van der Waals surface area contributed by atoms with Gasteiger partial charge in [0.2, 0.25) is 0 Å². The lowest BCUT2D eigenvalue weighted by Gasteiger charge is -2.09. The van der Waals surface area contributed by atoms with Crippen molar-refractivity contribution in [2.75, 3.05) is 11.9 Å². The highest BCUT2D eigenvalue weighted by atomic mass is 15.3. The number of anilines is 1. The molecule has 20 heavy (non-hydrogen) atoms. The number of pyridine rings is 1. The predicted molar refractivity (Wildman–Crippen MR) is 77.7 cm³/mol. The Bertz CT molecular complexity index is 670. The minimum absolute atomic E-state index is 0.880. The molecule has 0 unspecified atom stereocenters. The standard InChI is InChI=1S/C14H18N6/c1-12-8-13(20-14(9-12)17-10-18-20)16-4-2-3-6-19-7-5-15-11-19/h5,7-11,16H,2-4,6H2,1H3. The summed E-state index contributed by atoms with van der Waals surface area (Å²) in [5.74, 6) is 1.00. The van der Waals surface area contributed by atoms with Crippen LogP contribution in [0.25, 0.3) is 5.65 Å². The van der Waals surface area contributed by atoms with E-state index in [-0.39, 0.29) is 0 Å². The Labute approximate surface area is 117 Å². The van der Waals surface area contributed by atoms with Crippen molar-refractivity contribution in [3.05, 3.63) is 42.7 Å². The first-order chi connectivity index (χ1) is 9.83. The van der Waals surface area contributed by atoms with Crippen LogP contribution < -0.4 is 5.32 Å². The molecular weight excluding hydrogens is 252 g/mol. The first-order valence-electron chi connectivity index (χ1n) is 6.83. The lowest BCUT2D eigenvalue weighted by molar-refractivity contribution is 0.620. The van der Waals surface area contributed by atoms with Gasteiger partial charge in [0.15, 0.2) is 5.65 Å². The summed E-state index contributed by atoms with van der Waals surface area (Å²) in [5, 5.41) is 7.66. The lowest BCUT2D eigenvalue weighted by Crippen LogP contribution is -2.08. The van der Waals surface area contributed by atoms with Crippen molar-refractivity contribution in [3.63, 3.8) is 0 Å². The largest absolute Gasteiger partial charge is 0.370 e. The zero-order chi connectivity index (χ0) is 13.8. The maximum absolute atomic E-state index is 4.23. The fourth-order valence-electron chi connectivity index (χ4n) is 2.24. The highest BCUT2D eigenvalue weighted by Gasteiger charge is 2.03. The average molecular weight is 270 g/mol. The summed E-state index contributed by atoms with van der Waals surface area (Å²) >= 11 is 0. The number of hydrogen-bond acceptors (Lipinski definition) is 4. The molecule has 0 aromatic carbocycles. The molecule has 3 rings (SSSR count). The number of imidazole rings is 1. The van der Waals surface area contributed by atoms with Crippen molar-refractivity contribution in [3.8, 4) is 0 Å². The fraction of sp³-hybridized carbons (Fsp3) is 0.357. The number of aromatic nitrogens is 5. The van der Waals surface area contributed by atoms with Gasteiger partial charge < -0.3 is 9.88 Å². The minimum Gasteiger partial charge on any atom is -0.370 e. The van der Waals surface area contributed by atoms with E-state index in [4.69, 9.17) is 0 Å². The van der Waals surface area contributed by atoms with Crippen LogP contribution >= 0.6 is 0 Å². The SMILES string of the molecule is Cc1cc(NCCCCn2ccnc2)n2ncnc2c1. The molecule has 0 radical (unpaired) electrons. The van der Waals surface area contributed by atoms with Crippen molar-refractivity contribution in [2.45, 2.75) is 26.3 Å². The zero-order valence-corrected chi connectivity index (χ0v) is 11.5. The molecule has 0 aliphatic heterocycles. The van der Waals surface area contributed by atoms with Crippen LogP contribution in [0.2, 0.25) is 0 Å². The highest BCUT2D eigenvalue weighted by Crippen LogP contribution is 2.13. The van der Waals surface area contributed by atoms with Gasteiger partial charge in [-0.05, 0) is 37.5 Å². The number of aryl methyl sites for hydroxylation is 2. The van der Waals surface area contributed by atoms with Crippen LogP contribution in [-0.2, 0) is 6.54 Å². The van der Waals surface area contributed by atoms with Gasteiger partial charge in [-0.25, -0.2) is 9.97 Å².